The number of allylic oxidation sites excluding steroid dienone is 8. The van der Waals surface area contributed by atoms with Crippen LogP contribution in [0.1, 0.15) is 19.4 Å². The molecular formula is C32H32N2O8P2. The van der Waals surface area contributed by atoms with Crippen molar-refractivity contribution < 1.29 is 37.6 Å². The van der Waals surface area contributed by atoms with Crippen LogP contribution in [0.3, 0.4) is 0 Å². The van der Waals surface area contributed by atoms with Crippen molar-refractivity contribution in [1.82, 2.24) is 0 Å². The van der Waals surface area contributed by atoms with Gasteiger partial charge in [0.15, 0.2) is 0 Å². The second-order valence-electron chi connectivity index (χ2n) is 10.2. The van der Waals surface area contributed by atoms with Crippen molar-refractivity contribution in [3.8, 4) is 0 Å². The lowest BCUT2D eigenvalue weighted by molar-refractivity contribution is -0.109. The van der Waals surface area contributed by atoms with Gasteiger partial charge < -0.3 is 18.8 Å². The van der Waals surface area contributed by atoms with E-state index in [2.05, 4.69) is 0 Å². The van der Waals surface area contributed by atoms with Gasteiger partial charge in [-0.25, -0.2) is 0 Å². The molecule has 7 rings (SSSR count). The van der Waals surface area contributed by atoms with E-state index in [0.717, 1.165) is 4.90 Å². The van der Waals surface area contributed by atoms with E-state index in [-0.39, 0.29) is 40.9 Å². The summed E-state index contributed by atoms with van der Waals surface area (Å²) in [5.41, 5.74) is -1.40. The molecule has 2 amide bonds. The van der Waals surface area contributed by atoms with Gasteiger partial charge in [-0.05, 0) is 55.8 Å². The van der Waals surface area contributed by atoms with Crippen LogP contribution in [0.15, 0.2) is 109 Å². The molecule has 228 valence electrons. The molecule has 2 heterocycles. The lowest BCUT2D eigenvalue weighted by Gasteiger charge is -2.47. The smallest absolute Gasteiger partial charge is 0.321 e. The van der Waals surface area contributed by atoms with E-state index < -0.39 is 26.1 Å². The molecule has 12 heteroatoms. The fourth-order valence-electron chi connectivity index (χ4n) is 5.61. The van der Waals surface area contributed by atoms with E-state index in [1.807, 2.05) is 42.5 Å². The van der Waals surface area contributed by atoms with Crippen molar-refractivity contribution in [1.29, 1.82) is 0 Å². The quantitative estimate of drug-likeness (QED) is 0.214. The zero-order chi connectivity index (χ0) is 31.6. The van der Waals surface area contributed by atoms with E-state index in [1.165, 1.54) is 23.1 Å². The molecule has 10 nitrogen and oxygen atoms in total. The predicted octanol–water partition coefficient (Wildman–Crippen LogP) is 4.89. The zero-order valence-electron chi connectivity index (χ0n) is 24.1. The average Bonchev–Trinajstić information content (AvgIpc) is 2.98. The number of hydrogen-bond donors (Lipinski definition) is 2. The molecule has 2 aromatic carbocycles. The molecule has 2 aliphatic heterocycles. The molecule has 2 N–H and O–H groups in total. The van der Waals surface area contributed by atoms with Gasteiger partial charge in [-0.2, -0.15) is 0 Å². The molecule has 2 aromatic rings. The highest BCUT2D eigenvalue weighted by Crippen LogP contribution is 2.52. The minimum absolute atomic E-state index is 0.0568. The van der Waals surface area contributed by atoms with Crippen LogP contribution in [-0.4, -0.2) is 41.4 Å². The molecule has 0 saturated carbocycles. The van der Waals surface area contributed by atoms with Crippen molar-refractivity contribution in [2.24, 2.45) is 5.41 Å². The first-order valence-electron chi connectivity index (χ1n) is 13.9. The van der Waals surface area contributed by atoms with Gasteiger partial charge in [0.2, 0.25) is 12.8 Å². The number of amides is 2. The number of benzene rings is 2. The average molecular weight is 635 g/mol. The minimum atomic E-state index is -4.85. The van der Waals surface area contributed by atoms with E-state index in [4.69, 9.17) is 9.05 Å². The summed E-state index contributed by atoms with van der Waals surface area (Å²) in [5, 5.41) is -0.230. The van der Waals surface area contributed by atoms with E-state index >= 15 is 0 Å². The van der Waals surface area contributed by atoms with Gasteiger partial charge in [-0.1, -0.05) is 72.9 Å². The normalized spacial score (nSPS) is 23.6. The second-order valence-corrected chi connectivity index (χ2v) is 13.8. The molecule has 0 aromatic heterocycles. The highest BCUT2D eigenvalue weighted by molar-refractivity contribution is 7.62. The van der Waals surface area contributed by atoms with Crippen LogP contribution in [0.25, 0.3) is 6.08 Å². The van der Waals surface area contributed by atoms with E-state index in [1.54, 1.807) is 62.4 Å². The fourth-order valence-corrected chi connectivity index (χ4v) is 8.11. The molecule has 3 aliphatic carbocycles. The number of hydrogen-bond acceptors (Lipinski definition) is 6. The number of nitrogens with zero attached hydrogens (tertiary/aromatic N) is 2. The third-order valence-electron chi connectivity index (χ3n) is 7.53. The van der Waals surface area contributed by atoms with Crippen molar-refractivity contribution in [3.05, 3.63) is 114 Å². The summed E-state index contributed by atoms with van der Waals surface area (Å²) in [6, 6.07) is 10.7. The Hall–Kier alpha value is -3.88. The number of carbonyl (C=O) groups is 2. The Morgan fingerprint density at radius 2 is 1.55 bits per heavy atom. The third kappa shape index (κ3) is 5.57. The predicted molar refractivity (Wildman–Crippen MR) is 171 cm³/mol. The molecule has 0 spiro atoms. The van der Waals surface area contributed by atoms with Crippen molar-refractivity contribution in [2.75, 3.05) is 23.0 Å². The van der Waals surface area contributed by atoms with Crippen molar-refractivity contribution in [2.45, 2.75) is 19.4 Å². The Balaban J connectivity index is 1.88. The standard InChI is InChI=1S/C32H32N2O8P2/c1-3-41-44(40,42-4-2)29-15-14-25-11-7-8-16-31-17-9-10-18-32(20-19-31,34(24-36)27(29)21-25)30(22-31)33(23-35)26-12-5-6-13-28(26)43(37,38)39/h5-24H,3-4H2,1-2H3,(H2,37,38,39)/b11-7?,16-8-,17-9-,18-10?/t31-,32+/m0/s1. The zero-order valence-corrected chi connectivity index (χ0v) is 25.9. The Morgan fingerprint density at radius 3 is 2.20 bits per heavy atom. The summed E-state index contributed by atoms with van der Waals surface area (Å²) in [6.45, 7) is 3.52. The van der Waals surface area contributed by atoms with Crippen LogP contribution in [-0.2, 0) is 27.8 Å². The Morgan fingerprint density at radius 1 is 0.864 bits per heavy atom. The Labute approximate surface area is 255 Å². The topological polar surface area (TPSA) is 134 Å². The lowest BCUT2D eigenvalue weighted by atomic mass is 9.73. The maximum absolute atomic E-state index is 14.2. The molecule has 0 fully saturated rings. The van der Waals surface area contributed by atoms with Crippen LogP contribution in [0, 0.1) is 5.41 Å². The minimum Gasteiger partial charge on any atom is -0.321 e. The van der Waals surface area contributed by atoms with Gasteiger partial charge in [-0.3, -0.25) is 28.5 Å². The van der Waals surface area contributed by atoms with Gasteiger partial charge in [0.25, 0.3) is 0 Å². The third-order valence-corrected chi connectivity index (χ3v) is 10.7. The summed E-state index contributed by atoms with van der Waals surface area (Å²) in [6.07, 6.45) is 20.9. The van der Waals surface area contributed by atoms with Crippen LogP contribution >= 0.6 is 15.2 Å². The van der Waals surface area contributed by atoms with Crippen LogP contribution < -0.4 is 20.4 Å². The maximum atomic E-state index is 14.2. The first-order valence-corrected chi connectivity index (χ1v) is 17.1. The molecular weight excluding hydrogens is 602 g/mol. The van der Waals surface area contributed by atoms with E-state index in [0.29, 0.717) is 18.4 Å². The van der Waals surface area contributed by atoms with E-state index in [9.17, 15) is 28.5 Å². The van der Waals surface area contributed by atoms with Gasteiger partial charge in [0, 0.05) is 5.41 Å². The lowest BCUT2D eigenvalue weighted by Crippen LogP contribution is -2.55. The summed E-state index contributed by atoms with van der Waals surface area (Å²) in [4.78, 5) is 49.2. The maximum Gasteiger partial charge on any atom is 0.363 e. The monoisotopic (exact) mass is 634 g/mol. The molecule has 0 saturated heterocycles. The largest absolute Gasteiger partial charge is 0.363 e. The number of rotatable bonds is 10. The molecule has 4 bridgehead atoms. The van der Waals surface area contributed by atoms with Crippen molar-refractivity contribution in [3.63, 3.8) is 0 Å². The molecule has 0 radical (unpaired) electrons. The SMILES string of the molecule is CCOP(=O)(OCC)c1ccc2cc1N(C=O)[C@]13C=C/C=C\[C@@](C=C1)(C=C3N(C=O)c1ccccc1P(=O)(O)O)/C=C\C=C2. The highest BCUT2D eigenvalue weighted by atomic mass is 31.2. The number of para-hydroxylation sites is 1. The Kier molecular flexibility index (Phi) is 8.78. The molecule has 44 heavy (non-hydrogen) atoms. The highest BCUT2D eigenvalue weighted by Gasteiger charge is 2.47. The molecule has 5 aliphatic rings. The number of anilines is 2. The second kappa shape index (κ2) is 12.3. The summed E-state index contributed by atoms with van der Waals surface area (Å²) < 4.78 is 38.2. The Bertz CT molecular complexity index is 1740. The number of carbonyl (C=O) groups excluding carboxylic acids is 2. The molecule has 0 unspecified atom stereocenters. The van der Waals surface area contributed by atoms with Gasteiger partial charge in [-0.15, -0.1) is 0 Å². The summed E-state index contributed by atoms with van der Waals surface area (Å²) in [7, 11) is -8.81. The summed E-state index contributed by atoms with van der Waals surface area (Å²) in [5.74, 6) is 0. The fraction of sp³-hybridized carbons (Fsp3) is 0.188. The molecule has 2 atom stereocenters. The van der Waals surface area contributed by atoms with Gasteiger partial charge in [0.05, 0.1) is 40.9 Å². The summed E-state index contributed by atoms with van der Waals surface area (Å²) >= 11 is 0. The first kappa shape index (κ1) is 31.5. The van der Waals surface area contributed by atoms with Crippen LogP contribution in [0.4, 0.5) is 11.4 Å². The van der Waals surface area contributed by atoms with Gasteiger partial charge in [0.1, 0.15) is 5.54 Å². The first-order chi connectivity index (χ1) is 21.1. The van der Waals surface area contributed by atoms with Crippen LogP contribution in [0.2, 0.25) is 0 Å². The van der Waals surface area contributed by atoms with Crippen LogP contribution in [0.5, 0.6) is 0 Å². The number of fused-ring (bicyclic) bond motifs is 2. The van der Waals surface area contributed by atoms with Gasteiger partial charge >= 0.3 is 15.2 Å². The van der Waals surface area contributed by atoms with Crippen molar-refractivity contribution >= 4 is 56.1 Å².